The number of aromatic amines is 2. The topological polar surface area (TPSA) is 94.8 Å². The summed E-state index contributed by atoms with van der Waals surface area (Å²) in [5, 5.41) is 0. The maximum absolute atomic E-state index is 11.8. The third kappa shape index (κ3) is 2.88. The average molecular weight is 267 g/mol. The van der Waals surface area contributed by atoms with E-state index in [1.165, 1.54) is 18.3 Å². The molecule has 0 aromatic carbocycles. The van der Waals surface area contributed by atoms with Gasteiger partial charge in [-0.1, -0.05) is 0 Å². The lowest BCUT2D eigenvalue weighted by Gasteiger charge is -2.04. The Morgan fingerprint density at radius 3 is 2.50 bits per heavy atom. The van der Waals surface area contributed by atoms with Gasteiger partial charge in [-0.2, -0.15) is 0 Å². The Hall–Kier alpha value is -1.86. The minimum Gasteiger partial charge on any atom is -0.365 e. The van der Waals surface area contributed by atoms with Gasteiger partial charge >= 0.3 is 0 Å². The van der Waals surface area contributed by atoms with Crippen molar-refractivity contribution in [1.29, 1.82) is 0 Å². The first-order valence-corrected chi connectivity index (χ1v) is 6.87. The molecule has 2 rings (SSSR count). The van der Waals surface area contributed by atoms with Crippen LogP contribution in [0.3, 0.4) is 0 Å². The molecule has 0 spiro atoms. The Bertz CT molecular complexity index is 659. The Kier molecular flexibility index (Phi) is 3.63. The molecule has 6 nitrogen and oxygen atoms in total. The van der Waals surface area contributed by atoms with E-state index >= 15 is 0 Å². The minimum atomic E-state index is -3.75. The summed E-state index contributed by atoms with van der Waals surface area (Å²) >= 11 is 0. The molecule has 0 fully saturated rings. The molecule has 0 radical (unpaired) electrons. The van der Waals surface area contributed by atoms with Crippen LogP contribution in [0.25, 0.3) is 0 Å². The fraction of sp³-hybridized carbons (Fsp3) is 0.182. The highest BCUT2D eigenvalue weighted by atomic mass is 32.2. The number of nitrogens with one attached hydrogen (secondary N) is 3. The molecule has 2 aromatic heterocycles. The van der Waals surface area contributed by atoms with Crippen molar-refractivity contribution in [2.45, 2.75) is 11.3 Å². The van der Waals surface area contributed by atoms with E-state index < -0.39 is 15.6 Å². The lowest BCUT2D eigenvalue weighted by molar-refractivity contribution is 0.580. The van der Waals surface area contributed by atoms with Crippen molar-refractivity contribution >= 4 is 10.0 Å². The fourth-order valence-electron chi connectivity index (χ4n) is 1.54. The van der Waals surface area contributed by atoms with Gasteiger partial charge in [0.2, 0.25) is 10.0 Å². The molecular formula is C11H13N3O3S. The molecule has 2 heterocycles. The maximum Gasteiger partial charge on any atom is 0.268 e. The Morgan fingerprint density at radius 1 is 1.11 bits per heavy atom. The number of pyridine rings is 1. The number of rotatable bonds is 5. The predicted molar refractivity (Wildman–Crippen MR) is 66.7 cm³/mol. The van der Waals surface area contributed by atoms with E-state index in [0.29, 0.717) is 6.42 Å². The third-order valence-electron chi connectivity index (χ3n) is 2.42. The van der Waals surface area contributed by atoms with Crippen LogP contribution in [0.5, 0.6) is 0 Å². The summed E-state index contributed by atoms with van der Waals surface area (Å²) in [5.74, 6) is 0. The van der Waals surface area contributed by atoms with Crippen LogP contribution in [-0.2, 0) is 16.4 Å². The van der Waals surface area contributed by atoms with Crippen LogP contribution in [0, 0.1) is 0 Å². The molecule has 0 amide bonds. The molecule has 0 aliphatic carbocycles. The van der Waals surface area contributed by atoms with E-state index in [9.17, 15) is 13.2 Å². The van der Waals surface area contributed by atoms with Gasteiger partial charge in [-0.05, 0) is 24.3 Å². The molecule has 0 bridgehead atoms. The number of hydrogen-bond donors (Lipinski definition) is 3. The average Bonchev–Trinajstić information content (AvgIpc) is 2.82. The first-order chi connectivity index (χ1) is 8.59. The van der Waals surface area contributed by atoms with E-state index in [1.807, 2.05) is 12.1 Å². The molecule has 3 N–H and O–H groups in total. The second kappa shape index (κ2) is 5.19. The minimum absolute atomic E-state index is 0.233. The van der Waals surface area contributed by atoms with Crippen molar-refractivity contribution in [1.82, 2.24) is 14.7 Å². The van der Waals surface area contributed by atoms with E-state index in [1.54, 1.807) is 6.20 Å². The zero-order valence-electron chi connectivity index (χ0n) is 9.51. The summed E-state index contributed by atoms with van der Waals surface area (Å²) in [6.45, 7) is 0.233. The van der Waals surface area contributed by atoms with Crippen LogP contribution >= 0.6 is 0 Å². The van der Waals surface area contributed by atoms with E-state index in [0.717, 1.165) is 5.69 Å². The molecule has 7 heteroatoms. The molecule has 96 valence electrons. The first kappa shape index (κ1) is 12.6. The molecule has 0 atom stereocenters. The van der Waals surface area contributed by atoms with Gasteiger partial charge < -0.3 is 9.97 Å². The quantitative estimate of drug-likeness (QED) is 0.723. The van der Waals surface area contributed by atoms with Crippen molar-refractivity contribution in [3.05, 3.63) is 52.7 Å². The zero-order valence-corrected chi connectivity index (χ0v) is 10.3. The summed E-state index contributed by atoms with van der Waals surface area (Å²) < 4.78 is 26.1. The van der Waals surface area contributed by atoms with Crippen LogP contribution in [-0.4, -0.2) is 24.9 Å². The predicted octanol–water partition coefficient (Wildman–Crippen LogP) is 0.224. The largest absolute Gasteiger partial charge is 0.365 e. The van der Waals surface area contributed by atoms with Gasteiger partial charge in [0.1, 0.15) is 4.90 Å². The van der Waals surface area contributed by atoms with Gasteiger partial charge in [0.25, 0.3) is 5.56 Å². The lowest BCUT2D eigenvalue weighted by atomic mass is 10.3. The normalized spacial score (nSPS) is 11.6. The summed E-state index contributed by atoms with van der Waals surface area (Å²) in [6.07, 6.45) is 3.70. The van der Waals surface area contributed by atoms with Gasteiger partial charge in [-0.15, -0.1) is 0 Å². The van der Waals surface area contributed by atoms with Crippen molar-refractivity contribution in [2.24, 2.45) is 0 Å². The Morgan fingerprint density at radius 2 is 1.83 bits per heavy atom. The number of hydrogen-bond acceptors (Lipinski definition) is 3. The van der Waals surface area contributed by atoms with Gasteiger partial charge in [0.15, 0.2) is 0 Å². The molecular weight excluding hydrogens is 254 g/mol. The van der Waals surface area contributed by atoms with Gasteiger partial charge in [-0.3, -0.25) is 4.79 Å². The fourth-order valence-corrected chi connectivity index (χ4v) is 2.63. The van der Waals surface area contributed by atoms with Crippen molar-refractivity contribution in [3.63, 3.8) is 0 Å². The van der Waals surface area contributed by atoms with Gasteiger partial charge in [0, 0.05) is 31.1 Å². The maximum atomic E-state index is 11.8. The van der Waals surface area contributed by atoms with Gasteiger partial charge in [0.05, 0.1) is 0 Å². The van der Waals surface area contributed by atoms with Gasteiger partial charge in [-0.25, -0.2) is 13.1 Å². The zero-order chi connectivity index (χ0) is 13.0. The number of aromatic nitrogens is 2. The van der Waals surface area contributed by atoms with E-state index in [4.69, 9.17) is 0 Å². The van der Waals surface area contributed by atoms with Crippen molar-refractivity contribution in [2.75, 3.05) is 6.54 Å². The smallest absolute Gasteiger partial charge is 0.268 e. The first-order valence-electron chi connectivity index (χ1n) is 5.39. The van der Waals surface area contributed by atoms with Crippen LogP contribution in [0.1, 0.15) is 5.69 Å². The molecule has 0 unspecified atom stereocenters. The van der Waals surface area contributed by atoms with Crippen molar-refractivity contribution < 1.29 is 8.42 Å². The van der Waals surface area contributed by atoms with Crippen LogP contribution in [0.15, 0.2) is 46.3 Å². The SMILES string of the molecule is O=c1[nH]cccc1S(=O)(=O)NCCc1ccc[nH]1. The third-order valence-corrected chi connectivity index (χ3v) is 3.91. The summed E-state index contributed by atoms with van der Waals surface area (Å²) in [7, 11) is -3.75. The molecule has 0 aliphatic rings. The van der Waals surface area contributed by atoms with E-state index in [-0.39, 0.29) is 11.4 Å². The highest BCUT2D eigenvalue weighted by molar-refractivity contribution is 7.89. The van der Waals surface area contributed by atoms with Crippen LogP contribution in [0.4, 0.5) is 0 Å². The second-order valence-electron chi connectivity index (χ2n) is 3.71. The lowest BCUT2D eigenvalue weighted by Crippen LogP contribution is -2.30. The monoisotopic (exact) mass is 267 g/mol. The highest BCUT2D eigenvalue weighted by Crippen LogP contribution is 2.01. The summed E-state index contributed by atoms with van der Waals surface area (Å²) in [4.78, 5) is 16.4. The molecule has 2 aromatic rings. The molecule has 0 saturated carbocycles. The molecule has 18 heavy (non-hydrogen) atoms. The number of H-pyrrole nitrogens is 2. The second-order valence-corrected chi connectivity index (χ2v) is 5.44. The molecule has 0 aliphatic heterocycles. The summed E-state index contributed by atoms with van der Waals surface area (Å²) in [5.41, 5.74) is 0.310. The highest BCUT2D eigenvalue weighted by Gasteiger charge is 2.16. The van der Waals surface area contributed by atoms with E-state index in [2.05, 4.69) is 14.7 Å². The standard InChI is InChI=1S/C11H13N3O3S/c15-11-10(4-2-7-13-11)18(16,17)14-8-5-9-3-1-6-12-9/h1-4,6-7,12,14H,5,8H2,(H,13,15). The summed E-state index contributed by atoms with van der Waals surface area (Å²) in [6, 6.07) is 6.45. The Balaban J connectivity index is 2.04. The van der Waals surface area contributed by atoms with Crippen molar-refractivity contribution in [3.8, 4) is 0 Å². The Labute approximate surface area is 104 Å². The van der Waals surface area contributed by atoms with Crippen LogP contribution in [0.2, 0.25) is 0 Å². The van der Waals surface area contributed by atoms with Crippen LogP contribution < -0.4 is 10.3 Å². The molecule has 0 saturated heterocycles. The number of sulfonamides is 1.